The Morgan fingerprint density at radius 1 is 1.29 bits per heavy atom. The zero-order chi connectivity index (χ0) is 22.1. The van der Waals surface area contributed by atoms with E-state index in [9.17, 15) is 9.59 Å². The molecule has 1 aliphatic heterocycles. The molecule has 7 nitrogen and oxygen atoms in total. The molecule has 0 bridgehead atoms. The Morgan fingerprint density at radius 2 is 2.03 bits per heavy atom. The summed E-state index contributed by atoms with van der Waals surface area (Å²) in [7, 11) is 3.94. The fourth-order valence-corrected chi connectivity index (χ4v) is 4.54. The number of carbonyl (C=O) groups is 1. The van der Waals surface area contributed by atoms with Crippen molar-refractivity contribution in [2.45, 2.75) is 19.9 Å². The Labute approximate surface area is 183 Å². The van der Waals surface area contributed by atoms with Gasteiger partial charge in [-0.25, -0.2) is 9.79 Å². The van der Waals surface area contributed by atoms with Gasteiger partial charge in [-0.05, 0) is 43.7 Å². The maximum atomic E-state index is 13.1. The molecule has 0 radical (unpaired) electrons. The molecule has 31 heavy (non-hydrogen) atoms. The second kappa shape index (κ2) is 8.39. The van der Waals surface area contributed by atoms with E-state index in [1.165, 1.54) is 15.9 Å². The third-order valence-corrected chi connectivity index (χ3v) is 6.06. The van der Waals surface area contributed by atoms with Crippen molar-refractivity contribution in [3.8, 4) is 0 Å². The highest BCUT2D eigenvalue weighted by atomic mass is 32.1. The highest BCUT2D eigenvalue weighted by molar-refractivity contribution is 7.07. The first-order chi connectivity index (χ1) is 14.9. The topological polar surface area (TPSA) is 77.0 Å². The molecular weight excluding hydrogens is 414 g/mol. The molecule has 0 aliphatic carbocycles. The van der Waals surface area contributed by atoms with Crippen molar-refractivity contribution in [3.05, 3.63) is 79.2 Å². The number of anilines is 1. The Hall–Kier alpha value is -3.39. The number of thiazole rings is 1. The number of nitrogens with zero attached hydrogens (tertiary/aromatic N) is 3. The summed E-state index contributed by atoms with van der Waals surface area (Å²) in [5.74, 6) is 0.116. The zero-order valence-corrected chi connectivity index (χ0v) is 18.6. The van der Waals surface area contributed by atoms with Crippen LogP contribution in [0.1, 0.15) is 31.2 Å². The summed E-state index contributed by atoms with van der Waals surface area (Å²) in [6, 6.07) is 10.9. The van der Waals surface area contributed by atoms with Crippen LogP contribution in [0.25, 0.3) is 11.8 Å². The standard InChI is InChI=1S/C23H23N3O4S/c1-5-29-22(28)19-14(2)26-21(27)18(13-17-7-6-12-30-17)31-23(26)24-20(19)15-8-10-16(11-9-15)25(3)4/h6-13,20H,5H2,1-4H3/b18-13+/t20-/m1/s1. The number of furan rings is 1. The average Bonchev–Trinajstić information content (AvgIpc) is 3.36. The van der Waals surface area contributed by atoms with Crippen molar-refractivity contribution in [2.24, 2.45) is 4.99 Å². The number of allylic oxidation sites excluding steroid dienone is 1. The van der Waals surface area contributed by atoms with Crippen LogP contribution in [0.2, 0.25) is 0 Å². The molecule has 1 atom stereocenters. The van der Waals surface area contributed by atoms with E-state index < -0.39 is 12.0 Å². The van der Waals surface area contributed by atoms with Gasteiger partial charge >= 0.3 is 5.97 Å². The summed E-state index contributed by atoms with van der Waals surface area (Å²) in [6.07, 6.45) is 3.24. The van der Waals surface area contributed by atoms with E-state index in [4.69, 9.17) is 14.1 Å². The summed E-state index contributed by atoms with van der Waals surface area (Å²) in [5.41, 5.74) is 2.57. The van der Waals surface area contributed by atoms with Gasteiger partial charge in [-0.2, -0.15) is 0 Å². The van der Waals surface area contributed by atoms with Crippen LogP contribution in [-0.4, -0.2) is 31.2 Å². The predicted octanol–water partition coefficient (Wildman–Crippen LogP) is 2.57. The van der Waals surface area contributed by atoms with Crippen LogP contribution in [0.4, 0.5) is 5.69 Å². The van der Waals surface area contributed by atoms with Crippen molar-refractivity contribution >= 4 is 34.8 Å². The molecule has 3 aromatic rings. The predicted molar refractivity (Wildman–Crippen MR) is 121 cm³/mol. The van der Waals surface area contributed by atoms with E-state index in [2.05, 4.69) is 0 Å². The van der Waals surface area contributed by atoms with E-state index >= 15 is 0 Å². The maximum Gasteiger partial charge on any atom is 0.338 e. The number of hydrogen-bond acceptors (Lipinski definition) is 7. The molecule has 8 heteroatoms. The summed E-state index contributed by atoms with van der Waals surface area (Å²) in [6.45, 7) is 3.76. The molecule has 160 valence electrons. The highest BCUT2D eigenvalue weighted by Crippen LogP contribution is 2.33. The van der Waals surface area contributed by atoms with E-state index in [1.54, 1.807) is 38.3 Å². The Morgan fingerprint density at radius 3 is 2.65 bits per heavy atom. The van der Waals surface area contributed by atoms with Crippen LogP contribution in [0, 0.1) is 0 Å². The number of benzene rings is 1. The number of ether oxygens (including phenoxy) is 1. The lowest BCUT2D eigenvalue weighted by atomic mass is 9.96. The zero-order valence-electron chi connectivity index (χ0n) is 17.8. The first kappa shape index (κ1) is 20.9. The fourth-order valence-electron chi connectivity index (χ4n) is 3.52. The molecule has 0 saturated heterocycles. The van der Waals surface area contributed by atoms with Gasteiger partial charge in [0.15, 0.2) is 4.80 Å². The van der Waals surface area contributed by atoms with Crippen LogP contribution in [0.3, 0.4) is 0 Å². The van der Waals surface area contributed by atoms with Crippen molar-refractivity contribution in [1.82, 2.24) is 4.57 Å². The first-order valence-electron chi connectivity index (χ1n) is 9.91. The van der Waals surface area contributed by atoms with Crippen molar-refractivity contribution in [2.75, 3.05) is 25.6 Å². The molecule has 3 heterocycles. The minimum Gasteiger partial charge on any atom is -0.465 e. The van der Waals surface area contributed by atoms with Gasteiger partial charge in [0.25, 0.3) is 5.56 Å². The molecule has 0 spiro atoms. The van der Waals surface area contributed by atoms with Crippen LogP contribution in [0.15, 0.2) is 62.4 Å². The van der Waals surface area contributed by atoms with Crippen LogP contribution in [0.5, 0.6) is 0 Å². The smallest absolute Gasteiger partial charge is 0.338 e. The lowest BCUT2D eigenvalue weighted by Crippen LogP contribution is -2.35. The van der Waals surface area contributed by atoms with Gasteiger partial charge in [0.05, 0.1) is 18.4 Å². The van der Waals surface area contributed by atoms with Gasteiger partial charge in [0, 0.05) is 31.6 Å². The van der Waals surface area contributed by atoms with Crippen LogP contribution >= 0.6 is 11.3 Å². The fraction of sp³-hybridized carbons (Fsp3) is 0.261. The van der Waals surface area contributed by atoms with Gasteiger partial charge in [-0.3, -0.25) is 9.36 Å². The van der Waals surface area contributed by atoms with Crippen molar-refractivity contribution in [3.63, 3.8) is 0 Å². The number of aromatic nitrogens is 1. The third-order valence-electron chi connectivity index (χ3n) is 5.08. The Balaban J connectivity index is 1.92. The monoisotopic (exact) mass is 437 g/mol. The van der Waals surface area contributed by atoms with E-state index in [-0.39, 0.29) is 12.2 Å². The molecule has 0 saturated carbocycles. The minimum absolute atomic E-state index is 0.235. The van der Waals surface area contributed by atoms with Gasteiger partial charge in [-0.1, -0.05) is 23.5 Å². The van der Waals surface area contributed by atoms with Crippen molar-refractivity contribution in [1.29, 1.82) is 0 Å². The van der Waals surface area contributed by atoms with Crippen LogP contribution < -0.4 is 19.8 Å². The van der Waals surface area contributed by atoms with Gasteiger partial charge in [-0.15, -0.1) is 0 Å². The summed E-state index contributed by atoms with van der Waals surface area (Å²) >= 11 is 1.27. The number of rotatable bonds is 5. The van der Waals surface area contributed by atoms with E-state index in [1.807, 2.05) is 43.3 Å². The quantitative estimate of drug-likeness (QED) is 0.574. The molecule has 0 amide bonds. The lowest BCUT2D eigenvalue weighted by molar-refractivity contribution is -0.138. The number of hydrogen-bond donors (Lipinski definition) is 0. The lowest BCUT2D eigenvalue weighted by Gasteiger charge is -2.23. The number of esters is 1. The molecule has 0 unspecified atom stereocenters. The molecule has 0 fully saturated rings. The SMILES string of the molecule is CCOC(=O)C1=C(C)n2c(s/c(=C/c3ccco3)c2=O)=N[C@@H]1c1ccc(N(C)C)cc1. The van der Waals surface area contributed by atoms with Crippen LogP contribution in [-0.2, 0) is 9.53 Å². The largest absolute Gasteiger partial charge is 0.465 e. The molecule has 2 aromatic heterocycles. The Bertz CT molecular complexity index is 1310. The highest BCUT2D eigenvalue weighted by Gasteiger charge is 2.31. The maximum absolute atomic E-state index is 13.1. The minimum atomic E-state index is -0.551. The number of carbonyl (C=O) groups excluding carboxylic acids is 1. The molecule has 0 N–H and O–H groups in total. The molecule has 1 aromatic carbocycles. The second-order valence-corrected chi connectivity index (χ2v) is 8.30. The third kappa shape index (κ3) is 3.86. The molecule has 1 aliphatic rings. The summed E-state index contributed by atoms with van der Waals surface area (Å²) in [5, 5.41) is 0. The van der Waals surface area contributed by atoms with Gasteiger partial charge < -0.3 is 14.1 Å². The van der Waals surface area contributed by atoms with Gasteiger partial charge in [0.1, 0.15) is 16.3 Å². The average molecular weight is 438 g/mol. The first-order valence-corrected chi connectivity index (χ1v) is 10.7. The normalized spacial score (nSPS) is 16.1. The summed E-state index contributed by atoms with van der Waals surface area (Å²) in [4.78, 5) is 33.3. The number of fused-ring (bicyclic) bond motifs is 1. The Kier molecular flexibility index (Phi) is 5.65. The molecular formula is C23H23N3O4S. The van der Waals surface area contributed by atoms with Gasteiger partial charge in [0.2, 0.25) is 0 Å². The molecule has 4 rings (SSSR count). The summed E-state index contributed by atoms with van der Waals surface area (Å²) < 4.78 is 12.6. The van der Waals surface area contributed by atoms with Crippen molar-refractivity contribution < 1.29 is 13.9 Å². The van der Waals surface area contributed by atoms with E-state index in [0.29, 0.717) is 26.4 Å². The second-order valence-electron chi connectivity index (χ2n) is 7.29. The van der Waals surface area contributed by atoms with E-state index in [0.717, 1.165) is 11.3 Å².